The second-order valence-electron chi connectivity index (χ2n) is 6.20. The molecule has 3 unspecified atom stereocenters. The van der Waals surface area contributed by atoms with Gasteiger partial charge in [0.15, 0.2) is 0 Å². The molecule has 0 aromatic heterocycles. The summed E-state index contributed by atoms with van der Waals surface area (Å²) >= 11 is 0. The SMILES string of the molecule is CC1CCCCCN1C(=O)C1CCCC(CN)C1. The van der Waals surface area contributed by atoms with Crippen LogP contribution in [0.1, 0.15) is 58.3 Å². The van der Waals surface area contributed by atoms with E-state index in [2.05, 4.69) is 11.8 Å². The van der Waals surface area contributed by atoms with Gasteiger partial charge in [0.25, 0.3) is 0 Å². The molecule has 1 aliphatic heterocycles. The molecule has 3 heteroatoms. The van der Waals surface area contributed by atoms with Gasteiger partial charge in [-0.2, -0.15) is 0 Å². The summed E-state index contributed by atoms with van der Waals surface area (Å²) in [5.74, 6) is 1.25. The van der Waals surface area contributed by atoms with Gasteiger partial charge >= 0.3 is 0 Å². The first-order valence-electron chi connectivity index (χ1n) is 7.73. The lowest BCUT2D eigenvalue weighted by Gasteiger charge is -2.34. The quantitative estimate of drug-likeness (QED) is 0.821. The molecular formula is C15H28N2O. The van der Waals surface area contributed by atoms with Crippen molar-refractivity contribution in [1.82, 2.24) is 4.90 Å². The number of hydrogen-bond donors (Lipinski definition) is 1. The van der Waals surface area contributed by atoms with Gasteiger partial charge in [0.1, 0.15) is 0 Å². The summed E-state index contributed by atoms with van der Waals surface area (Å²) in [6, 6.07) is 0.443. The van der Waals surface area contributed by atoms with Gasteiger partial charge in [-0.25, -0.2) is 0 Å². The van der Waals surface area contributed by atoms with E-state index in [1.54, 1.807) is 0 Å². The highest BCUT2D eigenvalue weighted by molar-refractivity contribution is 5.79. The van der Waals surface area contributed by atoms with Gasteiger partial charge in [0.05, 0.1) is 0 Å². The van der Waals surface area contributed by atoms with Crippen LogP contribution in [0.5, 0.6) is 0 Å². The molecule has 0 spiro atoms. The molecule has 1 aliphatic carbocycles. The lowest BCUT2D eigenvalue weighted by atomic mass is 9.80. The Morgan fingerprint density at radius 3 is 2.78 bits per heavy atom. The number of amides is 1. The first-order valence-corrected chi connectivity index (χ1v) is 7.73. The number of carbonyl (C=O) groups excluding carboxylic acids is 1. The van der Waals surface area contributed by atoms with Gasteiger partial charge in [-0.3, -0.25) is 4.79 Å². The zero-order chi connectivity index (χ0) is 13.0. The zero-order valence-electron chi connectivity index (χ0n) is 11.7. The van der Waals surface area contributed by atoms with Gasteiger partial charge in [-0.1, -0.05) is 19.3 Å². The maximum absolute atomic E-state index is 12.7. The minimum absolute atomic E-state index is 0.257. The monoisotopic (exact) mass is 252 g/mol. The van der Waals surface area contributed by atoms with Gasteiger partial charge < -0.3 is 10.6 Å². The van der Waals surface area contributed by atoms with Gasteiger partial charge in [-0.15, -0.1) is 0 Å². The van der Waals surface area contributed by atoms with E-state index in [4.69, 9.17) is 5.73 Å². The molecule has 2 fully saturated rings. The number of nitrogens with two attached hydrogens (primary N) is 1. The molecule has 1 saturated heterocycles. The van der Waals surface area contributed by atoms with E-state index in [0.717, 1.165) is 25.9 Å². The van der Waals surface area contributed by atoms with Gasteiger partial charge in [0, 0.05) is 18.5 Å². The van der Waals surface area contributed by atoms with Crippen LogP contribution >= 0.6 is 0 Å². The van der Waals surface area contributed by atoms with E-state index < -0.39 is 0 Å². The van der Waals surface area contributed by atoms with E-state index in [9.17, 15) is 4.79 Å². The fraction of sp³-hybridized carbons (Fsp3) is 0.933. The summed E-state index contributed by atoms with van der Waals surface area (Å²) in [4.78, 5) is 14.8. The average molecular weight is 252 g/mol. The van der Waals surface area contributed by atoms with Crippen molar-refractivity contribution in [2.24, 2.45) is 17.6 Å². The highest BCUT2D eigenvalue weighted by atomic mass is 16.2. The standard InChI is InChI=1S/C15H28N2O/c1-12-6-3-2-4-9-17(12)15(18)14-8-5-7-13(10-14)11-16/h12-14H,2-11,16H2,1H3. The first kappa shape index (κ1) is 13.9. The van der Waals surface area contributed by atoms with Crippen LogP contribution in [0.2, 0.25) is 0 Å². The molecule has 18 heavy (non-hydrogen) atoms. The molecule has 3 nitrogen and oxygen atoms in total. The number of hydrogen-bond acceptors (Lipinski definition) is 2. The number of carbonyl (C=O) groups is 1. The molecular weight excluding hydrogens is 224 g/mol. The third kappa shape index (κ3) is 3.25. The van der Waals surface area contributed by atoms with E-state index in [-0.39, 0.29) is 5.92 Å². The van der Waals surface area contributed by atoms with Crippen molar-refractivity contribution in [3.8, 4) is 0 Å². The van der Waals surface area contributed by atoms with Crippen LogP contribution in [-0.4, -0.2) is 29.9 Å². The van der Waals surface area contributed by atoms with Crippen LogP contribution in [-0.2, 0) is 4.79 Å². The second-order valence-corrected chi connectivity index (χ2v) is 6.20. The molecule has 2 N–H and O–H groups in total. The van der Waals surface area contributed by atoms with Crippen molar-refractivity contribution in [2.75, 3.05) is 13.1 Å². The Morgan fingerprint density at radius 1 is 1.17 bits per heavy atom. The third-order valence-corrected chi connectivity index (χ3v) is 4.80. The summed E-state index contributed by atoms with van der Waals surface area (Å²) in [6.45, 7) is 3.94. The molecule has 0 aromatic carbocycles. The second kappa shape index (κ2) is 6.55. The number of likely N-dealkylation sites (tertiary alicyclic amines) is 1. The van der Waals surface area contributed by atoms with E-state index >= 15 is 0 Å². The summed E-state index contributed by atoms with van der Waals surface area (Å²) in [6.07, 6.45) is 9.43. The summed E-state index contributed by atoms with van der Waals surface area (Å²) in [5.41, 5.74) is 5.77. The van der Waals surface area contributed by atoms with Crippen molar-refractivity contribution in [1.29, 1.82) is 0 Å². The van der Waals surface area contributed by atoms with Crippen LogP contribution in [0.4, 0.5) is 0 Å². The third-order valence-electron chi connectivity index (χ3n) is 4.80. The van der Waals surface area contributed by atoms with Crippen molar-refractivity contribution >= 4 is 5.91 Å². The summed E-state index contributed by atoms with van der Waals surface area (Å²) < 4.78 is 0. The normalized spacial score (nSPS) is 34.1. The van der Waals surface area contributed by atoms with Crippen molar-refractivity contribution < 1.29 is 4.79 Å². The molecule has 3 atom stereocenters. The summed E-state index contributed by atoms with van der Waals surface area (Å²) in [5, 5.41) is 0. The van der Waals surface area contributed by atoms with Crippen molar-refractivity contribution in [3.63, 3.8) is 0 Å². The molecule has 1 saturated carbocycles. The van der Waals surface area contributed by atoms with Crippen LogP contribution in [0, 0.1) is 11.8 Å². The Morgan fingerprint density at radius 2 is 2.00 bits per heavy atom. The molecule has 0 aromatic rings. The number of nitrogens with zero attached hydrogens (tertiary/aromatic N) is 1. The molecule has 1 amide bonds. The molecule has 2 aliphatic rings. The van der Waals surface area contributed by atoms with Crippen LogP contribution < -0.4 is 5.73 Å². The van der Waals surface area contributed by atoms with Gasteiger partial charge in [-0.05, 0) is 51.5 Å². The minimum atomic E-state index is 0.257. The van der Waals surface area contributed by atoms with Crippen molar-refractivity contribution in [2.45, 2.75) is 64.3 Å². The zero-order valence-corrected chi connectivity index (χ0v) is 11.7. The van der Waals surface area contributed by atoms with Gasteiger partial charge in [0.2, 0.25) is 5.91 Å². The highest BCUT2D eigenvalue weighted by Gasteiger charge is 2.32. The Bertz CT molecular complexity index is 280. The molecule has 104 valence electrons. The Labute approximate surface area is 111 Å². The molecule has 0 radical (unpaired) electrons. The average Bonchev–Trinajstić information content (AvgIpc) is 2.62. The lowest BCUT2D eigenvalue weighted by molar-refractivity contribution is -0.139. The first-order chi connectivity index (χ1) is 8.72. The number of rotatable bonds is 2. The maximum atomic E-state index is 12.7. The minimum Gasteiger partial charge on any atom is -0.340 e. The fourth-order valence-corrected chi connectivity index (χ4v) is 3.57. The Kier molecular flexibility index (Phi) is 5.04. The predicted molar refractivity (Wildman–Crippen MR) is 74.1 cm³/mol. The Balaban J connectivity index is 1.96. The van der Waals surface area contributed by atoms with Crippen LogP contribution in [0.25, 0.3) is 0 Å². The summed E-state index contributed by atoms with van der Waals surface area (Å²) in [7, 11) is 0. The fourth-order valence-electron chi connectivity index (χ4n) is 3.57. The van der Waals surface area contributed by atoms with E-state index in [0.29, 0.717) is 17.9 Å². The molecule has 2 rings (SSSR count). The molecule has 1 heterocycles. The van der Waals surface area contributed by atoms with Crippen molar-refractivity contribution in [3.05, 3.63) is 0 Å². The van der Waals surface area contributed by atoms with E-state index in [1.165, 1.54) is 38.5 Å². The van der Waals surface area contributed by atoms with E-state index in [1.807, 2.05) is 0 Å². The predicted octanol–water partition coefficient (Wildman–Crippen LogP) is 2.54. The van der Waals surface area contributed by atoms with Crippen LogP contribution in [0.3, 0.4) is 0 Å². The maximum Gasteiger partial charge on any atom is 0.225 e. The molecule has 0 bridgehead atoms. The smallest absolute Gasteiger partial charge is 0.225 e. The highest BCUT2D eigenvalue weighted by Crippen LogP contribution is 2.31. The topological polar surface area (TPSA) is 46.3 Å². The van der Waals surface area contributed by atoms with Crippen LogP contribution in [0.15, 0.2) is 0 Å². The lowest BCUT2D eigenvalue weighted by Crippen LogP contribution is -2.43. The Hall–Kier alpha value is -0.570. The largest absolute Gasteiger partial charge is 0.340 e.